The molecule has 2 N–H and O–H groups in total. The van der Waals surface area contributed by atoms with Crippen LogP contribution in [0.4, 0.5) is 0 Å². The number of alkyl halides is 6. The van der Waals surface area contributed by atoms with Crippen LogP contribution in [0.1, 0.15) is 13.8 Å². The SMILES string of the molecule is CCOP(=O)(NC(NC(=O)C(Cl)(Cl)Cl)C(Cl)(Cl)Cl)OCC. The van der Waals surface area contributed by atoms with Crippen LogP contribution in [0.15, 0.2) is 0 Å². The summed E-state index contributed by atoms with van der Waals surface area (Å²) in [4.78, 5) is 11.6. The first-order chi connectivity index (χ1) is 9.35. The molecule has 126 valence electrons. The van der Waals surface area contributed by atoms with Crippen molar-refractivity contribution in [3.8, 4) is 0 Å². The van der Waals surface area contributed by atoms with Gasteiger partial charge in [-0.05, 0) is 13.8 Å². The molecule has 0 heterocycles. The molecular formula is C8H13Cl6N2O4P. The van der Waals surface area contributed by atoms with E-state index in [0.29, 0.717) is 0 Å². The second kappa shape index (κ2) is 8.97. The van der Waals surface area contributed by atoms with Crippen molar-refractivity contribution in [2.24, 2.45) is 0 Å². The second-order valence-electron chi connectivity index (χ2n) is 3.41. The third kappa shape index (κ3) is 8.66. The summed E-state index contributed by atoms with van der Waals surface area (Å²) in [6.07, 6.45) is -1.49. The molecule has 0 saturated heterocycles. The molecule has 6 nitrogen and oxygen atoms in total. The second-order valence-corrected chi connectivity index (χ2v) is 9.83. The van der Waals surface area contributed by atoms with Crippen LogP contribution < -0.4 is 10.4 Å². The van der Waals surface area contributed by atoms with Gasteiger partial charge < -0.3 is 5.32 Å². The van der Waals surface area contributed by atoms with Crippen LogP contribution in [0, 0.1) is 0 Å². The van der Waals surface area contributed by atoms with E-state index in [0.717, 1.165) is 0 Å². The summed E-state index contributed by atoms with van der Waals surface area (Å²) in [7, 11) is -3.83. The van der Waals surface area contributed by atoms with Crippen molar-refractivity contribution >= 4 is 83.3 Å². The number of rotatable bonds is 7. The minimum absolute atomic E-state index is 0.0509. The summed E-state index contributed by atoms with van der Waals surface area (Å²) in [6.45, 7) is 3.26. The van der Waals surface area contributed by atoms with Gasteiger partial charge >= 0.3 is 7.75 Å². The minimum atomic E-state index is -3.83. The molecule has 0 aromatic heterocycles. The fraction of sp³-hybridized carbons (Fsp3) is 0.875. The van der Waals surface area contributed by atoms with Crippen LogP contribution in [0.25, 0.3) is 0 Å². The smallest absolute Gasteiger partial charge is 0.333 e. The summed E-state index contributed by atoms with van der Waals surface area (Å²) in [5.74, 6) is -1.09. The molecule has 0 aliphatic heterocycles. The summed E-state index contributed by atoms with van der Waals surface area (Å²) >= 11 is 33.3. The van der Waals surface area contributed by atoms with Gasteiger partial charge in [0.15, 0.2) is 0 Å². The molecule has 1 atom stereocenters. The molecule has 0 fully saturated rings. The lowest BCUT2D eigenvalue weighted by atomic mass is 10.5. The Morgan fingerprint density at radius 3 is 1.81 bits per heavy atom. The highest BCUT2D eigenvalue weighted by atomic mass is 35.6. The third-order valence-corrected chi connectivity index (χ3v) is 4.69. The summed E-state index contributed by atoms with van der Waals surface area (Å²) in [5, 5.41) is 4.38. The van der Waals surface area contributed by atoms with E-state index in [1.54, 1.807) is 13.8 Å². The maximum atomic E-state index is 12.3. The van der Waals surface area contributed by atoms with Crippen molar-refractivity contribution < 1.29 is 18.4 Å². The Hall–Kier alpha value is 1.32. The van der Waals surface area contributed by atoms with Crippen LogP contribution >= 0.6 is 77.4 Å². The summed E-state index contributed by atoms with van der Waals surface area (Å²) in [6, 6.07) is 0. The van der Waals surface area contributed by atoms with Crippen molar-refractivity contribution in [3.05, 3.63) is 0 Å². The van der Waals surface area contributed by atoms with E-state index in [-0.39, 0.29) is 13.2 Å². The Balaban J connectivity index is 5.18. The van der Waals surface area contributed by atoms with E-state index in [4.69, 9.17) is 78.7 Å². The minimum Gasteiger partial charge on any atom is -0.333 e. The lowest BCUT2D eigenvalue weighted by molar-refractivity contribution is -0.121. The summed E-state index contributed by atoms with van der Waals surface area (Å²) in [5.41, 5.74) is 0. The van der Waals surface area contributed by atoms with Gasteiger partial charge in [-0.15, -0.1) is 0 Å². The molecule has 0 aliphatic carbocycles. The summed E-state index contributed by atoms with van der Waals surface area (Å²) < 4.78 is 17.8. The van der Waals surface area contributed by atoms with E-state index in [9.17, 15) is 9.36 Å². The first kappa shape index (κ1) is 22.3. The molecular weight excluding hydrogens is 432 g/mol. The van der Waals surface area contributed by atoms with Gasteiger partial charge in [0.25, 0.3) is 9.70 Å². The van der Waals surface area contributed by atoms with Crippen LogP contribution in [0.5, 0.6) is 0 Å². The number of hydrogen-bond donors (Lipinski definition) is 2. The van der Waals surface area contributed by atoms with E-state index < -0.39 is 27.4 Å². The fourth-order valence-corrected chi connectivity index (χ4v) is 3.21. The molecule has 0 bridgehead atoms. The number of hydrogen-bond acceptors (Lipinski definition) is 4. The number of carbonyl (C=O) groups is 1. The Morgan fingerprint density at radius 2 is 1.52 bits per heavy atom. The molecule has 0 aliphatic rings. The van der Waals surface area contributed by atoms with Gasteiger partial charge in [0.05, 0.1) is 13.2 Å². The molecule has 0 rings (SSSR count). The maximum absolute atomic E-state index is 12.3. The van der Waals surface area contributed by atoms with E-state index in [2.05, 4.69) is 10.4 Å². The van der Waals surface area contributed by atoms with Crippen molar-refractivity contribution in [1.82, 2.24) is 10.4 Å². The van der Waals surface area contributed by atoms with Gasteiger partial charge in [0.2, 0.25) is 3.79 Å². The van der Waals surface area contributed by atoms with Gasteiger partial charge in [-0.1, -0.05) is 69.6 Å². The van der Waals surface area contributed by atoms with Crippen LogP contribution in [-0.4, -0.2) is 32.9 Å². The van der Waals surface area contributed by atoms with Gasteiger partial charge in [0, 0.05) is 0 Å². The van der Waals surface area contributed by atoms with Gasteiger partial charge in [-0.25, -0.2) is 4.57 Å². The number of halogens is 6. The predicted octanol–water partition coefficient (Wildman–Crippen LogP) is 3.94. The largest absolute Gasteiger partial charge is 0.407 e. The zero-order valence-corrected chi connectivity index (χ0v) is 16.3. The zero-order valence-electron chi connectivity index (χ0n) is 10.8. The number of amides is 1. The van der Waals surface area contributed by atoms with Gasteiger partial charge in [0.1, 0.15) is 6.17 Å². The third-order valence-electron chi connectivity index (χ3n) is 1.75. The van der Waals surface area contributed by atoms with Gasteiger partial charge in [-0.3, -0.25) is 13.8 Å². The van der Waals surface area contributed by atoms with E-state index in [1.165, 1.54) is 0 Å². The highest BCUT2D eigenvalue weighted by Gasteiger charge is 2.43. The Labute approximate surface area is 152 Å². The normalized spacial score (nSPS) is 14.9. The molecule has 0 radical (unpaired) electrons. The fourth-order valence-electron chi connectivity index (χ4n) is 1.01. The Bertz CT molecular complexity index is 389. The molecule has 0 saturated carbocycles. The Morgan fingerprint density at radius 1 is 1.10 bits per heavy atom. The zero-order chi connectivity index (χ0) is 16.9. The lowest BCUT2D eigenvalue weighted by Crippen LogP contribution is -2.55. The highest BCUT2D eigenvalue weighted by molar-refractivity contribution is 7.51. The van der Waals surface area contributed by atoms with Crippen molar-refractivity contribution in [2.75, 3.05) is 13.2 Å². The van der Waals surface area contributed by atoms with Crippen molar-refractivity contribution in [1.29, 1.82) is 0 Å². The number of nitrogens with one attached hydrogen (secondary N) is 2. The molecule has 13 heteroatoms. The van der Waals surface area contributed by atoms with Crippen molar-refractivity contribution in [2.45, 2.75) is 27.6 Å². The van der Waals surface area contributed by atoms with E-state index >= 15 is 0 Å². The molecule has 21 heavy (non-hydrogen) atoms. The molecule has 1 amide bonds. The molecule has 0 aromatic carbocycles. The molecule has 0 aromatic rings. The average molecular weight is 445 g/mol. The molecule has 0 spiro atoms. The average Bonchev–Trinajstić information content (AvgIpc) is 2.25. The monoisotopic (exact) mass is 442 g/mol. The highest BCUT2D eigenvalue weighted by Crippen LogP contribution is 2.46. The van der Waals surface area contributed by atoms with Crippen molar-refractivity contribution in [3.63, 3.8) is 0 Å². The van der Waals surface area contributed by atoms with Crippen LogP contribution in [-0.2, 0) is 18.4 Å². The van der Waals surface area contributed by atoms with E-state index in [1.807, 2.05) is 0 Å². The van der Waals surface area contributed by atoms with Gasteiger partial charge in [-0.2, -0.15) is 5.09 Å². The first-order valence-corrected chi connectivity index (χ1v) is 9.28. The van der Waals surface area contributed by atoms with Crippen LogP contribution in [0.2, 0.25) is 0 Å². The predicted molar refractivity (Wildman–Crippen MR) is 86.5 cm³/mol. The quantitative estimate of drug-likeness (QED) is 0.353. The first-order valence-electron chi connectivity index (χ1n) is 5.47. The number of carbonyl (C=O) groups excluding carboxylic acids is 1. The standard InChI is InChI=1S/C8H13Cl6N2O4P/c1-3-19-21(18,20-4-2)16-5(7(9,10)11)15-6(17)8(12,13)14/h5H,3-4H2,1-2H3,(H,15,17)(H,16,18). The Kier molecular flexibility index (Phi) is 9.54. The lowest BCUT2D eigenvalue weighted by Gasteiger charge is -2.30. The topological polar surface area (TPSA) is 76.7 Å². The maximum Gasteiger partial charge on any atom is 0.407 e. The van der Waals surface area contributed by atoms with Crippen LogP contribution in [0.3, 0.4) is 0 Å². The molecule has 1 unspecified atom stereocenters.